The molecular formula is C14H15F11O4. The number of hydrogen-bond donors (Lipinski definition) is 0. The summed E-state index contributed by atoms with van der Waals surface area (Å²) in [6, 6.07) is 0. The van der Waals surface area contributed by atoms with Gasteiger partial charge >= 0.3 is 41.8 Å². The minimum atomic E-state index is -7.59. The lowest BCUT2D eigenvalue weighted by Gasteiger charge is -2.36. The van der Waals surface area contributed by atoms with Crippen LogP contribution in [0.2, 0.25) is 0 Å². The zero-order chi connectivity index (χ0) is 23.7. The molecule has 0 heterocycles. The lowest BCUT2D eigenvalue weighted by Crippen LogP contribution is -2.67. The first-order valence-electron chi connectivity index (χ1n) is 7.49. The van der Waals surface area contributed by atoms with E-state index < -0.39 is 60.4 Å². The molecule has 0 aromatic carbocycles. The second kappa shape index (κ2) is 8.13. The Bertz CT molecular complexity index is 611. The maximum Gasteiger partial charge on any atom is 0.460 e. The SMILES string of the molecule is CCC(C)(C)C(=O)OCC(=O)OCC(F)(F)C(F)(F)C(F)(F)C(F)(F)C(F)(F)F. The summed E-state index contributed by atoms with van der Waals surface area (Å²) in [5.74, 6) is -31.8. The molecule has 0 amide bonds. The van der Waals surface area contributed by atoms with E-state index in [0.717, 1.165) is 0 Å². The van der Waals surface area contributed by atoms with Crippen molar-refractivity contribution in [2.24, 2.45) is 5.41 Å². The summed E-state index contributed by atoms with van der Waals surface area (Å²) in [4.78, 5) is 22.7. The number of carbonyl (C=O) groups is 2. The molecule has 0 spiro atoms. The number of rotatable bonds is 9. The number of ether oxygens (including phenoxy) is 2. The van der Waals surface area contributed by atoms with Gasteiger partial charge in [-0.25, -0.2) is 4.79 Å². The smallest absolute Gasteiger partial charge is 0.456 e. The molecule has 0 aromatic heterocycles. The third-order valence-electron chi connectivity index (χ3n) is 3.78. The van der Waals surface area contributed by atoms with E-state index in [-0.39, 0.29) is 6.42 Å². The van der Waals surface area contributed by atoms with Crippen molar-refractivity contribution in [1.29, 1.82) is 0 Å². The van der Waals surface area contributed by atoms with Crippen LogP contribution >= 0.6 is 0 Å². The molecule has 15 heteroatoms. The van der Waals surface area contributed by atoms with Crippen LogP contribution in [0.25, 0.3) is 0 Å². The molecule has 4 nitrogen and oxygen atoms in total. The molecule has 0 radical (unpaired) electrons. The normalized spacial score (nSPS) is 14.6. The molecule has 0 unspecified atom stereocenters. The van der Waals surface area contributed by atoms with E-state index in [4.69, 9.17) is 0 Å². The fraction of sp³-hybridized carbons (Fsp3) is 0.857. The molecule has 0 saturated heterocycles. The molecular weight excluding hydrogens is 441 g/mol. The summed E-state index contributed by atoms with van der Waals surface area (Å²) in [7, 11) is 0. The fourth-order valence-corrected chi connectivity index (χ4v) is 1.37. The van der Waals surface area contributed by atoms with E-state index in [1.165, 1.54) is 20.8 Å². The van der Waals surface area contributed by atoms with Crippen LogP contribution in [0, 0.1) is 5.41 Å². The number of esters is 2. The van der Waals surface area contributed by atoms with Crippen molar-refractivity contribution in [1.82, 2.24) is 0 Å². The Hall–Kier alpha value is -1.83. The Morgan fingerprint density at radius 3 is 1.55 bits per heavy atom. The molecule has 0 saturated carbocycles. The van der Waals surface area contributed by atoms with Gasteiger partial charge in [0.15, 0.2) is 13.2 Å². The van der Waals surface area contributed by atoms with Gasteiger partial charge in [-0.1, -0.05) is 6.92 Å². The highest BCUT2D eigenvalue weighted by molar-refractivity contribution is 5.79. The first-order chi connectivity index (χ1) is 12.6. The fourth-order valence-electron chi connectivity index (χ4n) is 1.37. The van der Waals surface area contributed by atoms with Gasteiger partial charge < -0.3 is 9.47 Å². The van der Waals surface area contributed by atoms with Gasteiger partial charge in [0.2, 0.25) is 0 Å². The summed E-state index contributed by atoms with van der Waals surface area (Å²) >= 11 is 0. The number of halogens is 11. The molecule has 29 heavy (non-hydrogen) atoms. The van der Waals surface area contributed by atoms with E-state index in [1.807, 2.05) is 0 Å². The molecule has 0 atom stereocenters. The molecule has 0 fully saturated rings. The van der Waals surface area contributed by atoms with Crippen molar-refractivity contribution in [3.8, 4) is 0 Å². The third kappa shape index (κ3) is 5.21. The van der Waals surface area contributed by atoms with Crippen molar-refractivity contribution in [2.75, 3.05) is 13.2 Å². The van der Waals surface area contributed by atoms with Crippen molar-refractivity contribution in [3.63, 3.8) is 0 Å². The summed E-state index contributed by atoms with van der Waals surface area (Å²) in [6.45, 7) is -0.203. The minimum absolute atomic E-state index is 0.188. The maximum atomic E-state index is 13.3. The number of alkyl halides is 11. The number of hydrogen-bond acceptors (Lipinski definition) is 4. The predicted octanol–water partition coefficient (Wildman–Crippen LogP) is 4.61. The molecule has 0 aliphatic carbocycles. The predicted molar refractivity (Wildman–Crippen MR) is 71.8 cm³/mol. The van der Waals surface area contributed by atoms with Crippen LogP contribution in [0.3, 0.4) is 0 Å². The second-order valence-electron chi connectivity index (χ2n) is 6.40. The van der Waals surface area contributed by atoms with Crippen LogP contribution in [0.1, 0.15) is 27.2 Å². The second-order valence-corrected chi connectivity index (χ2v) is 6.40. The Labute approximate surface area is 156 Å². The quantitative estimate of drug-likeness (QED) is 0.376. The first-order valence-corrected chi connectivity index (χ1v) is 7.49. The molecule has 0 aliphatic rings. The van der Waals surface area contributed by atoms with Crippen LogP contribution in [0.5, 0.6) is 0 Å². The highest BCUT2D eigenvalue weighted by atomic mass is 19.4. The first kappa shape index (κ1) is 27.2. The zero-order valence-electron chi connectivity index (χ0n) is 14.9. The lowest BCUT2D eigenvalue weighted by atomic mass is 9.91. The number of carbonyl (C=O) groups excluding carboxylic acids is 2. The van der Waals surface area contributed by atoms with Gasteiger partial charge in [0.05, 0.1) is 5.41 Å². The van der Waals surface area contributed by atoms with Crippen LogP contribution in [-0.2, 0) is 19.1 Å². The molecule has 0 aromatic rings. The van der Waals surface area contributed by atoms with Gasteiger partial charge in [-0.3, -0.25) is 4.79 Å². The summed E-state index contributed by atoms with van der Waals surface area (Å²) in [5.41, 5.74) is -1.15. The van der Waals surface area contributed by atoms with Gasteiger partial charge in [-0.05, 0) is 20.3 Å². The Morgan fingerprint density at radius 2 is 1.17 bits per heavy atom. The topological polar surface area (TPSA) is 52.6 Å². The summed E-state index contributed by atoms with van der Waals surface area (Å²) in [6.07, 6.45) is -7.10. The van der Waals surface area contributed by atoms with E-state index in [0.29, 0.717) is 0 Å². The van der Waals surface area contributed by atoms with Crippen molar-refractivity contribution >= 4 is 11.9 Å². The van der Waals surface area contributed by atoms with Crippen molar-refractivity contribution < 1.29 is 67.4 Å². The van der Waals surface area contributed by atoms with E-state index in [1.54, 1.807) is 0 Å². The zero-order valence-corrected chi connectivity index (χ0v) is 14.9. The van der Waals surface area contributed by atoms with E-state index in [9.17, 15) is 57.9 Å². The van der Waals surface area contributed by atoms with Gasteiger partial charge in [0.1, 0.15) is 0 Å². The van der Waals surface area contributed by atoms with Crippen LogP contribution in [0.15, 0.2) is 0 Å². The molecule has 172 valence electrons. The van der Waals surface area contributed by atoms with Gasteiger partial charge in [-0.2, -0.15) is 48.3 Å². The Morgan fingerprint density at radius 1 is 0.724 bits per heavy atom. The van der Waals surface area contributed by atoms with E-state index in [2.05, 4.69) is 9.47 Å². The van der Waals surface area contributed by atoms with Crippen LogP contribution in [0.4, 0.5) is 48.3 Å². The average molecular weight is 456 g/mol. The lowest BCUT2D eigenvalue weighted by molar-refractivity contribution is -0.423. The van der Waals surface area contributed by atoms with Gasteiger partial charge in [-0.15, -0.1) is 0 Å². The van der Waals surface area contributed by atoms with Gasteiger partial charge in [0, 0.05) is 0 Å². The van der Waals surface area contributed by atoms with Crippen LogP contribution in [-0.4, -0.2) is 55.0 Å². The standard InChI is InChI=1S/C14H15F11O4/c1-4-9(2,3)8(27)28-5-7(26)29-6-10(15,16)11(17,18)12(19,20)13(21,22)14(23,24)25/h4-6H2,1-3H3. The third-order valence-corrected chi connectivity index (χ3v) is 3.78. The Kier molecular flexibility index (Phi) is 7.61. The van der Waals surface area contributed by atoms with Crippen molar-refractivity contribution in [2.45, 2.75) is 57.1 Å². The maximum absolute atomic E-state index is 13.3. The van der Waals surface area contributed by atoms with E-state index >= 15 is 0 Å². The van der Waals surface area contributed by atoms with Gasteiger partial charge in [0.25, 0.3) is 0 Å². The summed E-state index contributed by atoms with van der Waals surface area (Å²) in [5, 5.41) is 0. The molecule has 0 rings (SSSR count). The molecule has 0 bridgehead atoms. The molecule has 0 N–H and O–H groups in total. The highest BCUT2D eigenvalue weighted by Crippen LogP contribution is 2.57. The van der Waals surface area contributed by atoms with Crippen molar-refractivity contribution in [3.05, 3.63) is 0 Å². The highest BCUT2D eigenvalue weighted by Gasteiger charge is 2.87. The Balaban J connectivity index is 5.26. The van der Waals surface area contributed by atoms with Crippen LogP contribution < -0.4 is 0 Å². The summed E-state index contributed by atoms with van der Waals surface area (Å²) < 4.78 is 148. The minimum Gasteiger partial charge on any atom is -0.456 e. The molecule has 0 aliphatic heterocycles. The monoisotopic (exact) mass is 456 g/mol. The average Bonchev–Trinajstić information content (AvgIpc) is 2.56. The largest absolute Gasteiger partial charge is 0.460 e.